The van der Waals surface area contributed by atoms with Gasteiger partial charge in [0.15, 0.2) is 0 Å². The minimum atomic E-state index is 0. The van der Waals surface area contributed by atoms with E-state index >= 15 is 0 Å². The fourth-order valence-electron chi connectivity index (χ4n) is 2.09. The van der Waals surface area contributed by atoms with E-state index in [1.54, 1.807) is 0 Å². The fraction of sp³-hybridized carbons (Fsp3) is 0.333. The van der Waals surface area contributed by atoms with Crippen molar-refractivity contribution in [3.63, 3.8) is 0 Å². The van der Waals surface area contributed by atoms with Crippen molar-refractivity contribution in [1.29, 1.82) is 0 Å². The van der Waals surface area contributed by atoms with Crippen molar-refractivity contribution in [1.82, 2.24) is 4.90 Å². The molecule has 0 heterocycles. The van der Waals surface area contributed by atoms with Crippen molar-refractivity contribution >= 4 is 37.2 Å². The van der Waals surface area contributed by atoms with Crippen LogP contribution in [0.1, 0.15) is 17.9 Å². The molecule has 1 aromatic carbocycles. The molecule has 1 aromatic rings. The summed E-state index contributed by atoms with van der Waals surface area (Å²) in [7, 11) is 4.24. The molecular weight excluding hydrogens is 479 g/mol. The number of likely N-dealkylation sites (N-methyl/N-ethyl adjacent to an activating group) is 1. The predicted octanol–water partition coefficient (Wildman–Crippen LogP) is 4.28. The van der Waals surface area contributed by atoms with Gasteiger partial charge in [-0.25, -0.2) is 11.6 Å². The standard InChI is InChI=1S/C15H18N.3ClH.Hf/c1-16(2)12-15(14-10-6-7-11-14)13-8-4-3-5-9-13;;;;/h3-6,8-10,15H,7,12H2,1-2H3;3*1H;/q-1;;;;. The smallest absolute Gasteiger partial charge is 0.00557 e. The van der Waals surface area contributed by atoms with Gasteiger partial charge in [0.05, 0.1) is 0 Å². The Kier molecular flexibility index (Phi) is 16.6. The zero-order valence-electron chi connectivity index (χ0n) is 11.7. The monoisotopic (exact) mass is 500 g/mol. The average molecular weight is 500 g/mol. The molecule has 1 aliphatic carbocycles. The molecule has 0 spiro atoms. The molecule has 2 rings (SSSR count). The maximum Gasteiger partial charge on any atom is 0.00557 e. The van der Waals surface area contributed by atoms with Crippen LogP contribution < -0.4 is 0 Å². The molecule has 0 aliphatic heterocycles. The number of benzene rings is 1. The topological polar surface area (TPSA) is 3.24 Å². The summed E-state index contributed by atoms with van der Waals surface area (Å²) in [6.07, 6.45) is 8.79. The number of hydrogen-bond donors (Lipinski definition) is 0. The van der Waals surface area contributed by atoms with Gasteiger partial charge in [0.2, 0.25) is 0 Å². The van der Waals surface area contributed by atoms with Gasteiger partial charge >= 0.3 is 0 Å². The van der Waals surface area contributed by atoms with Crippen LogP contribution in [0.15, 0.2) is 48.1 Å². The second-order valence-electron chi connectivity index (χ2n) is 4.46. The third-order valence-corrected chi connectivity index (χ3v) is 2.85. The molecule has 0 N–H and O–H groups in total. The van der Waals surface area contributed by atoms with Crippen molar-refractivity contribution in [2.45, 2.75) is 12.3 Å². The Morgan fingerprint density at radius 1 is 1.10 bits per heavy atom. The Morgan fingerprint density at radius 2 is 1.70 bits per heavy atom. The van der Waals surface area contributed by atoms with Gasteiger partial charge < -0.3 is 4.90 Å². The fourth-order valence-corrected chi connectivity index (χ4v) is 2.09. The van der Waals surface area contributed by atoms with Crippen LogP contribution in [0.2, 0.25) is 0 Å². The van der Waals surface area contributed by atoms with E-state index in [1.165, 1.54) is 11.1 Å². The third kappa shape index (κ3) is 7.42. The largest absolute Gasteiger partial charge is 0.309 e. The molecular formula is C15H21Cl3HfN-. The van der Waals surface area contributed by atoms with Gasteiger partial charge in [-0.3, -0.25) is 6.08 Å². The normalized spacial score (nSPS) is 13.2. The van der Waals surface area contributed by atoms with Crippen LogP contribution in [0.25, 0.3) is 0 Å². The van der Waals surface area contributed by atoms with E-state index in [-0.39, 0.29) is 63.1 Å². The van der Waals surface area contributed by atoms with Gasteiger partial charge in [0.25, 0.3) is 0 Å². The molecule has 1 nitrogen and oxygen atoms in total. The zero-order chi connectivity index (χ0) is 11.4. The maximum atomic E-state index is 3.44. The third-order valence-electron chi connectivity index (χ3n) is 2.85. The first kappa shape index (κ1) is 25.4. The van der Waals surface area contributed by atoms with Crippen LogP contribution in [-0.2, 0) is 25.8 Å². The molecule has 5 heteroatoms. The SMILES string of the molecule is CN(C)CC(C1=[C-]CC=C1)c1ccccc1.Cl.Cl.Cl.[Hf]. The Labute approximate surface area is 159 Å². The molecule has 112 valence electrons. The summed E-state index contributed by atoms with van der Waals surface area (Å²) < 4.78 is 0. The van der Waals surface area contributed by atoms with Gasteiger partial charge in [-0.15, -0.1) is 43.6 Å². The molecule has 0 aromatic heterocycles. The molecule has 0 saturated carbocycles. The Balaban J connectivity index is -0.000000722. The molecule has 0 fully saturated rings. The van der Waals surface area contributed by atoms with E-state index in [4.69, 9.17) is 0 Å². The van der Waals surface area contributed by atoms with Gasteiger partial charge in [0.1, 0.15) is 0 Å². The minimum absolute atomic E-state index is 0. The maximum absolute atomic E-state index is 3.44. The van der Waals surface area contributed by atoms with Crippen molar-refractivity contribution in [3.8, 4) is 0 Å². The first-order chi connectivity index (χ1) is 7.77. The summed E-state index contributed by atoms with van der Waals surface area (Å²) in [5, 5.41) is 0. The Hall–Kier alpha value is 0.400. The van der Waals surface area contributed by atoms with Gasteiger partial charge in [-0.05, 0) is 25.6 Å². The summed E-state index contributed by atoms with van der Waals surface area (Å²) in [4.78, 5) is 2.23. The van der Waals surface area contributed by atoms with Crippen LogP contribution >= 0.6 is 37.2 Å². The van der Waals surface area contributed by atoms with E-state index in [0.29, 0.717) is 5.92 Å². The van der Waals surface area contributed by atoms with E-state index in [2.05, 4.69) is 67.6 Å². The van der Waals surface area contributed by atoms with Gasteiger partial charge in [-0.2, -0.15) is 6.08 Å². The first-order valence-electron chi connectivity index (χ1n) is 5.74. The van der Waals surface area contributed by atoms with Crippen molar-refractivity contribution < 1.29 is 25.8 Å². The summed E-state index contributed by atoms with van der Waals surface area (Å²) in [6, 6.07) is 10.7. The van der Waals surface area contributed by atoms with Crippen LogP contribution in [0.3, 0.4) is 0 Å². The van der Waals surface area contributed by atoms with Crippen LogP contribution in [-0.4, -0.2) is 25.5 Å². The number of allylic oxidation sites excluding steroid dienone is 3. The van der Waals surface area contributed by atoms with Crippen LogP contribution in [0.5, 0.6) is 0 Å². The predicted molar refractivity (Wildman–Crippen MR) is 90.0 cm³/mol. The average Bonchev–Trinajstić information content (AvgIpc) is 2.80. The summed E-state index contributed by atoms with van der Waals surface area (Å²) in [5.41, 5.74) is 2.71. The van der Waals surface area contributed by atoms with Crippen molar-refractivity contribution in [2.75, 3.05) is 20.6 Å². The van der Waals surface area contributed by atoms with Crippen molar-refractivity contribution in [2.24, 2.45) is 0 Å². The Bertz CT molecular complexity index is 405. The second-order valence-corrected chi connectivity index (χ2v) is 4.46. The summed E-state index contributed by atoms with van der Waals surface area (Å²) in [6.45, 7) is 1.04. The molecule has 20 heavy (non-hydrogen) atoms. The number of halogens is 3. The zero-order valence-corrected chi connectivity index (χ0v) is 17.7. The molecule has 1 unspecified atom stereocenters. The van der Waals surface area contributed by atoms with E-state index < -0.39 is 0 Å². The first-order valence-corrected chi connectivity index (χ1v) is 5.74. The van der Waals surface area contributed by atoms with E-state index in [1.807, 2.05) is 0 Å². The number of nitrogens with zero attached hydrogens (tertiary/aromatic N) is 1. The van der Waals surface area contributed by atoms with Crippen LogP contribution in [0.4, 0.5) is 0 Å². The molecule has 1 aliphatic rings. The molecule has 0 bridgehead atoms. The number of rotatable bonds is 4. The van der Waals surface area contributed by atoms with Gasteiger partial charge in [-0.1, -0.05) is 30.3 Å². The summed E-state index contributed by atoms with van der Waals surface area (Å²) >= 11 is 0. The number of hydrogen-bond acceptors (Lipinski definition) is 1. The molecule has 1 atom stereocenters. The molecule has 0 radical (unpaired) electrons. The van der Waals surface area contributed by atoms with Gasteiger partial charge in [0, 0.05) is 32.4 Å². The van der Waals surface area contributed by atoms with E-state index in [9.17, 15) is 0 Å². The summed E-state index contributed by atoms with van der Waals surface area (Å²) in [5.74, 6) is 0.454. The molecule has 0 amide bonds. The van der Waals surface area contributed by atoms with E-state index in [0.717, 1.165) is 13.0 Å². The molecule has 0 saturated heterocycles. The minimum Gasteiger partial charge on any atom is -0.309 e. The second kappa shape index (κ2) is 13.1. The quantitative estimate of drug-likeness (QED) is 0.441. The van der Waals surface area contributed by atoms with Crippen LogP contribution in [0, 0.1) is 6.08 Å². The van der Waals surface area contributed by atoms with Crippen molar-refractivity contribution in [3.05, 3.63) is 59.7 Å². The Morgan fingerprint density at radius 3 is 2.15 bits per heavy atom.